The molecule has 198 valence electrons. The average Bonchev–Trinajstić information content (AvgIpc) is 3.48. The summed E-state index contributed by atoms with van der Waals surface area (Å²) in [5.41, 5.74) is 0.535. The number of rotatable bonds is 6. The van der Waals surface area contributed by atoms with E-state index in [4.69, 9.17) is 16.3 Å². The summed E-state index contributed by atoms with van der Waals surface area (Å²) in [5, 5.41) is 13.4. The fraction of sp³-hybridized carbons (Fsp3) is 0.241. The summed E-state index contributed by atoms with van der Waals surface area (Å²) in [6.07, 6.45) is -0.432. The van der Waals surface area contributed by atoms with Crippen molar-refractivity contribution in [3.63, 3.8) is 0 Å². The first kappa shape index (κ1) is 25.1. The highest BCUT2D eigenvalue weighted by Gasteiger charge is 2.71. The van der Waals surface area contributed by atoms with Crippen LogP contribution in [0.1, 0.15) is 17.5 Å². The van der Waals surface area contributed by atoms with Crippen molar-refractivity contribution in [1.29, 1.82) is 0 Å². The summed E-state index contributed by atoms with van der Waals surface area (Å²) in [4.78, 5) is 56.8. The number of carboxylic acid groups (broad SMARTS) is 1. The number of imide groups is 1. The van der Waals surface area contributed by atoms with Crippen LogP contribution in [0.25, 0.3) is 0 Å². The van der Waals surface area contributed by atoms with Crippen molar-refractivity contribution >= 4 is 46.7 Å². The van der Waals surface area contributed by atoms with E-state index in [-0.39, 0.29) is 6.54 Å². The van der Waals surface area contributed by atoms with Gasteiger partial charge in [-0.3, -0.25) is 24.5 Å². The van der Waals surface area contributed by atoms with Crippen molar-refractivity contribution in [2.45, 2.75) is 24.5 Å². The molecule has 3 aliphatic heterocycles. The lowest BCUT2D eigenvalue weighted by atomic mass is 9.76. The predicted molar refractivity (Wildman–Crippen MR) is 142 cm³/mol. The zero-order valence-corrected chi connectivity index (χ0v) is 21.6. The van der Waals surface area contributed by atoms with E-state index in [9.17, 15) is 24.3 Å². The van der Waals surface area contributed by atoms with Crippen molar-refractivity contribution in [2.24, 2.45) is 11.8 Å². The molecule has 3 amide bonds. The molecule has 0 saturated carbocycles. The van der Waals surface area contributed by atoms with Crippen molar-refractivity contribution in [2.75, 3.05) is 16.9 Å². The number of ether oxygens (including phenoxy) is 1. The van der Waals surface area contributed by atoms with Crippen LogP contribution in [0.15, 0.2) is 72.8 Å². The van der Waals surface area contributed by atoms with Gasteiger partial charge in [-0.2, -0.15) is 0 Å². The third-order valence-corrected chi connectivity index (χ3v) is 8.25. The second-order valence-corrected chi connectivity index (χ2v) is 10.3. The molecule has 10 heteroatoms. The number of carbonyl (C=O) groups excluding carboxylic acids is 3. The molecule has 6 rings (SSSR count). The molecule has 1 spiro atoms. The number of nitrogens with zero attached hydrogens (tertiary/aromatic N) is 2. The first-order valence-corrected chi connectivity index (χ1v) is 12.8. The van der Waals surface area contributed by atoms with E-state index < -0.39 is 53.5 Å². The number of hydrogen-bond donors (Lipinski definition) is 2. The van der Waals surface area contributed by atoms with Gasteiger partial charge in [0.2, 0.25) is 11.8 Å². The summed E-state index contributed by atoms with van der Waals surface area (Å²) in [6.45, 7) is 0.143. The molecule has 3 aliphatic rings. The van der Waals surface area contributed by atoms with Gasteiger partial charge in [-0.25, -0.2) is 4.90 Å². The molecular formula is C29H24ClN3O6. The predicted octanol–water partition coefficient (Wildman–Crippen LogP) is 3.34. The molecule has 3 aromatic rings. The van der Waals surface area contributed by atoms with Gasteiger partial charge in [0.15, 0.2) is 0 Å². The number of aliphatic carboxylic acids is 1. The summed E-state index contributed by atoms with van der Waals surface area (Å²) in [7, 11) is 1.51. The van der Waals surface area contributed by atoms with E-state index in [2.05, 4.69) is 5.32 Å². The zero-order valence-electron chi connectivity index (χ0n) is 20.8. The molecule has 0 unspecified atom stereocenters. The second kappa shape index (κ2) is 9.21. The van der Waals surface area contributed by atoms with Crippen LogP contribution in [-0.4, -0.2) is 41.9 Å². The Labute approximate surface area is 228 Å². The number of nitrogens with one attached hydrogen (secondary N) is 1. The van der Waals surface area contributed by atoms with Crippen molar-refractivity contribution in [3.8, 4) is 5.75 Å². The number of carbonyl (C=O) groups is 4. The lowest BCUT2D eigenvalue weighted by Crippen LogP contribution is -2.55. The molecule has 0 radical (unpaired) electrons. The monoisotopic (exact) mass is 545 g/mol. The molecule has 4 atom stereocenters. The maximum atomic E-state index is 14.4. The quantitative estimate of drug-likeness (QED) is 0.456. The lowest BCUT2D eigenvalue weighted by molar-refractivity contribution is -0.138. The number of methoxy groups -OCH3 is 1. The summed E-state index contributed by atoms with van der Waals surface area (Å²) >= 11 is 6.42. The van der Waals surface area contributed by atoms with E-state index in [1.54, 1.807) is 65.6 Å². The van der Waals surface area contributed by atoms with Gasteiger partial charge in [0.25, 0.3) is 5.91 Å². The van der Waals surface area contributed by atoms with Crippen molar-refractivity contribution in [1.82, 2.24) is 5.32 Å². The minimum atomic E-state index is -1.61. The number of halogens is 1. The Morgan fingerprint density at radius 2 is 1.69 bits per heavy atom. The van der Waals surface area contributed by atoms with E-state index in [1.807, 2.05) is 12.1 Å². The van der Waals surface area contributed by atoms with Crippen LogP contribution in [-0.2, 0) is 31.3 Å². The van der Waals surface area contributed by atoms with Gasteiger partial charge < -0.3 is 14.7 Å². The van der Waals surface area contributed by atoms with Gasteiger partial charge >= 0.3 is 5.97 Å². The van der Waals surface area contributed by atoms with Crippen LogP contribution < -0.4 is 19.9 Å². The summed E-state index contributed by atoms with van der Waals surface area (Å²) < 4.78 is 5.20. The van der Waals surface area contributed by atoms with E-state index in [0.29, 0.717) is 33.3 Å². The minimum absolute atomic E-state index is 0.143. The SMILES string of the molecule is COc1ccc(N2C(=O)[C@@H]3[C@H](CC(=O)O)N[C@@]4(C(=O)N(Cc5ccccc5Cl)c5ccccc54)[C@H]3C2=O)cc1. The van der Waals surface area contributed by atoms with Crippen LogP contribution in [0.5, 0.6) is 5.75 Å². The van der Waals surface area contributed by atoms with Gasteiger partial charge in [0, 0.05) is 22.3 Å². The first-order chi connectivity index (χ1) is 18.8. The maximum Gasteiger partial charge on any atom is 0.304 e. The Bertz CT molecular complexity index is 1530. The number of benzene rings is 3. The molecule has 0 aliphatic carbocycles. The average molecular weight is 546 g/mol. The maximum absolute atomic E-state index is 14.4. The number of anilines is 2. The van der Waals surface area contributed by atoms with E-state index in [1.165, 1.54) is 7.11 Å². The first-order valence-electron chi connectivity index (χ1n) is 12.4. The Morgan fingerprint density at radius 1 is 1.00 bits per heavy atom. The molecule has 39 heavy (non-hydrogen) atoms. The van der Waals surface area contributed by atoms with Gasteiger partial charge in [-0.15, -0.1) is 0 Å². The molecule has 0 bridgehead atoms. The van der Waals surface area contributed by atoms with E-state index >= 15 is 0 Å². The fourth-order valence-corrected chi connectivity index (χ4v) is 6.45. The molecule has 0 aromatic heterocycles. The third kappa shape index (κ3) is 3.65. The van der Waals surface area contributed by atoms with Crippen LogP contribution in [0.2, 0.25) is 5.02 Å². The zero-order chi connectivity index (χ0) is 27.5. The number of fused-ring (bicyclic) bond motifs is 4. The minimum Gasteiger partial charge on any atom is -0.497 e. The van der Waals surface area contributed by atoms with Crippen LogP contribution in [0.4, 0.5) is 11.4 Å². The highest BCUT2D eigenvalue weighted by atomic mass is 35.5. The Morgan fingerprint density at radius 3 is 2.38 bits per heavy atom. The van der Waals surface area contributed by atoms with Crippen LogP contribution in [0.3, 0.4) is 0 Å². The van der Waals surface area contributed by atoms with Crippen molar-refractivity contribution < 1.29 is 29.0 Å². The molecule has 2 saturated heterocycles. The normalized spacial score (nSPS) is 25.4. The Kier molecular flexibility index (Phi) is 5.93. The number of amides is 3. The van der Waals surface area contributed by atoms with E-state index in [0.717, 1.165) is 4.90 Å². The molecule has 9 nitrogen and oxygen atoms in total. The molecule has 2 fully saturated rings. The second-order valence-electron chi connectivity index (χ2n) is 9.87. The van der Waals surface area contributed by atoms with Gasteiger partial charge in [0.05, 0.1) is 37.6 Å². The standard InChI is InChI=1S/C29H24ClN3O6/c1-39-18-12-10-17(11-13-18)33-26(36)24-21(14-23(34)35)31-29(25(24)27(33)37)19-7-3-5-9-22(19)32(28(29)38)15-16-6-2-4-8-20(16)30/h2-13,21,24-25,31H,14-15H2,1H3,(H,34,35)/t21-,24+,25+,29+/m0/s1. The molecule has 2 N–H and O–H groups in total. The summed E-state index contributed by atoms with van der Waals surface area (Å²) in [5.74, 6) is -4.30. The third-order valence-electron chi connectivity index (χ3n) is 7.88. The van der Waals surface area contributed by atoms with Gasteiger partial charge in [-0.1, -0.05) is 48.0 Å². The molecule has 3 heterocycles. The smallest absolute Gasteiger partial charge is 0.304 e. The van der Waals surface area contributed by atoms with Crippen LogP contribution in [0, 0.1) is 11.8 Å². The molecule has 3 aromatic carbocycles. The van der Waals surface area contributed by atoms with Gasteiger partial charge in [0.1, 0.15) is 11.3 Å². The highest BCUT2D eigenvalue weighted by molar-refractivity contribution is 6.31. The number of para-hydroxylation sites is 1. The van der Waals surface area contributed by atoms with Crippen LogP contribution >= 0.6 is 11.6 Å². The summed E-state index contributed by atoms with van der Waals surface area (Å²) in [6, 6.07) is 19.8. The largest absolute Gasteiger partial charge is 0.497 e. The van der Waals surface area contributed by atoms with Gasteiger partial charge in [-0.05, 0) is 42.0 Å². The molecular weight excluding hydrogens is 522 g/mol. The highest BCUT2D eigenvalue weighted by Crippen LogP contribution is 2.55. The van der Waals surface area contributed by atoms with Crippen molar-refractivity contribution in [3.05, 3.63) is 88.9 Å². The Balaban J connectivity index is 1.48. The lowest BCUT2D eigenvalue weighted by Gasteiger charge is -2.30. The topological polar surface area (TPSA) is 116 Å². The number of carboxylic acids is 1. The number of hydrogen-bond acceptors (Lipinski definition) is 6. The Hall–Kier alpha value is -4.21. The fourth-order valence-electron chi connectivity index (χ4n) is 6.25.